The van der Waals surface area contributed by atoms with E-state index < -0.39 is 0 Å². The second-order valence-electron chi connectivity index (χ2n) is 4.58. The van der Waals surface area contributed by atoms with E-state index in [1.807, 2.05) is 50.2 Å². The molecule has 2 aromatic carbocycles. The number of aryl methyl sites for hydroxylation is 1. The van der Waals surface area contributed by atoms with E-state index in [4.69, 9.17) is 0 Å². The number of rotatable bonds is 3. The highest BCUT2D eigenvalue weighted by molar-refractivity contribution is 5.52. The standard InChI is InChI=1S/C15H17N3O/c1-11-10-13(6-9-15(11)19)17-16-12-4-7-14(8-5-12)18(2)3/h4-10,19H,1-3H3. The minimum atomic E-state index is 0.272. The quantitative estimate of drug-likeness (QED) is 0.836. The Kier molecular flexibility index (Phi) is 3.80. The van der Waals surface area contributed by atoms with E-state index >= 15 is 0 Å². The molecule has 4 nitrogen and oxygen atoms in total. The minimum absolute atomic E-state index is 0.272. The number of aromatic hydroxyl groups is 1. The van der Waals surface area contributed by atoms with Gasteiger partial charge in [-0.3, -0.25) is 0 Å². The molecule has 19 heavy (non-hydrogen) atoms. The predicted octanol–water partition coefficient (Wildman–Crippen LogP) is 4.18. The van der Waals surface area contributed by atoms with Crippen molar-refractivity contribution in [3.05, 3.63) is 48.0 Å². The number of nitrogens with zero attached hydrogens (tertiary/aromatic N) is 3. The monoisotopic (exact) mass is 255 g/mol. The third-order valence-electron chi connectivity index (χ3n) is 2.83. The molecule has 0 aliphatic heterocycles. The maximum Gasteiger partial charge on any atom is 0.118 e. The van der Waals surface area contributed by atoms with Crippen molar-refractivity contribution in [3.8, 4) is 5.75 Å². The normalized spacial score (nSPS) is 10.9. The van der Waals surface area contributed by atoms with Crippen LogP contribution in [0, 0.1) is 6.92 Å². The second-order valence-corrected chi connectivity index (χ2v) is 4.58. The van der Waals surface area contributed by atoms with Crippen molar-refractivity contribution in [1.29, 1.82) is 0 Å². The van der Waals surface area contributed by atoms with Crippen LogP contribution in [0.5, 0.6) is 5.75 Å². The van der Waals surface area contributed by atoms with Gasteiger partial charge >= 0.3 is 0 Å². The van der Waals surface area contributed by atoms with Crippen molar-refractivity contribution in [2.24, 2.45) is 10.2 Å². The Balaban J connectivity index is 2.15. The van der Waals surface area contributed by atoms with Gasteiger partial charge in [-0.15, -0.1) is 0 Å². The fraction of sp³-hybridized carbons (Fsp3) is 0.200. The van der Waals surface area contributed by atoms with Crippen molar-refractivity contribution < 1.29 is 5.11 Å². The van der Waals surface area contributed by atoms with E-state index in [-0.39, 0.29) is 5.75 Å². The van der Waals surface area contributed by atoms with Crippen LogP contribution in [0.2, 0.25) is 0 Å². The zero-order valence-electron chi connectivity index (χ0n) is 11.3. The average Bonchev–Trinajstić information content (AvgIpc) is 2.40. The molecule has 0 fully saturated rings. The number of hydrogen-bond donors (Lipinski definition) is 1. The number of anilines is 1. The number of azo groups is 1. The Labute approximate surface area is 113 Å². The molecule has 0 saturated heterocycles. The highest BCUT2D eigenvalue weighted by Gasteiger charge is 1.98. The molecule has 0 aromatic heterocycles. The summed E-state index contributed by atoms with van der Waals surface area (Å²) in [5.41, 5.74) is 3.45. The molecule has 2 rings (SSSR count). The first-order chi connectivity index (χ1) is 9.06. The van der Waals surface area contributed by atoms with Gasteiger partial charge in [0.2, 0.25) is 0 Å². The summed E-state index contributed by atoms with van der Waals surface area (Å²) in [6.45, 7) is 1.83. The molecule has 0 bridgehead atoms. The van der Waals surface area contributed by atoms with Gasteiger partial charge < -0.3 is 10.0 Å². The van der Waals surface area contributed by atoms with Crippen molar-refractivity contribution >= 4 is 17.1 Å². The van der Waals surface area contributed by atoms with E-state index in [0.29, 0.717) is 0 Å². The van der Waals surface area contributed by atoms with E-state index in [9.17, 15) is 5.11 Å². The highest BCUT2D eigenvalue weighted by Crippen LogP contribution is 2.25. The zero-order valence-corrected chi connectivity index (χ0v) is 11.3. The van der Waals surface area contributed by atoms with Crippen LogP contribution in [0.15, 0.2) is 52.7 Å². The summed E-state index contributed by atoms with van der Waals surface area (Å²) in [4.78, 5) is 2.03. The van der Waals surface area contributed by atoms with Crippen molar-refractivity contribution in [2.45, 2.75) is 6.92 Å². The summed E-state index contributed by atoms with van der Waals surface area (Å²) in [6, 6.07) is 13.0. The molecule has 0 heterocycles. The van der Waals surface area contributed by atoms with Gasteiger partial charge in [0.15, 0.2) is 0 Å². The molecule has 0 spiro atoms. The van der Waals surface area contributed by atoms with Crippen LogP contribution in [0.25, 0.3) is 0 Å². The molecule has 4 heteroatoms. The first kappa shape index (κ1) is 13.1. The lowest BCUT2D eigenvalue weighted by atomic mass is 10.2. The fourth-order valence-electron chi connectivity index (χ4n) is 1.63. The second kappa shape index (κ2) is 5.52. The molecule has 0 amide bonds. The third kappa shape index (κ3) is 3.31. The van der Waals surface area contributed by atoms with E-state index in [0.717, 1.165) is 22.6 Å². The van der Waals surface area contributed by atoms with E-state index in [1.165, 1.54) is 0 Å². The number of phenols is 1. The molecule has 0 saturated carbocycles. The maximum atomic E-state index is 9.43. The third-order valence-corrected chi connectivity index (χ3v) is 2.83. The van der Waals surface area contributed by atoms with Gasteiger partial charge in [0.05, 0.1) is 11.4 Å². The zero-order chi connectivity index (χ0) is 13.8. The molecular formula is C15H17N3O. The predicted molar refractivity (Wildman–Crippen MR) is 77.8 cm³/mol. The van der Waals surface area contributed by atoms with Gasteiger partial charge in [0, 0.05) is 19.8 Å². The van der Waals surface area contributed by atoms with Crippen LogP contribution < -0.4 is 4.90 Å². The summed E-state index contributed by atoms with van der Waals surface area (Å²) in [5, 5.41) is 17.8. The number of phenolic OH excluding ortho intramolecular Hbond substituents is 1. The summed E-state index contributed by atoms with van der Waals surface area (Å²) >= 11 is 0. The Bertz CT molecular complexity index is 589. The lowest BCUT2D eigenvalue weighted by Gasteiger charge is -2.11. The van der Waals surface area contributed by atoms with Crippen LogP contribution in [-0.4, -0.2) is 19.2 Å². The molecule has 0 aliphatic carbocycles. The van der Waals surface area contributed by atoms with Crippen LogP contribution in [0.1, 0.15) is 5.56 Å². The minimum Gasteiger partial charge on any atom is -0.508 e. The molecule has 0 atom stereocenters. The topological polar surface area (TPSA) is 48.2 Å². The summed E-state index contributed by atoms with van der Waals surface area (Å²) in [6.07, 6.45) is 0. The van der Waals surface area contributed by atoms with Gasteiger partial charge in [-0.25, -0.2) is 0 Å². The summed E-state index contributed by atoms with van der Waals surface area (Å²) in [5.74, 6) is 0.272. The van der Waals surface area contributed by atoms with Gasteiger partial charge in [-0.05, 0) is 55.0 Å². The maximum absolute atomic E-state index is 9.43. The lowest BCUT2D eigenvalue weighted by molar-refractivity contribution is 0.471. The van der Waals surface area contributed by atoms with Crippen molar-refractivity contribution in [2.75, 3.05) is 19.0 Å². The smallest absolute Gasteiger partial charge is 0.118 e. The average molecular weight is 255 g/mol. The summed E-state index contributed by atoms with van der Waals surface area (Å²) < 4.78 is 0. The van der Waals surface area contributed by atoms with Gasteiger partial charge in [0.25, 0.3) is 0 Å². The highest BCUT2D eigenvalue weighted by atomic mass is 16.3. The largest absolute Gasteiger partial charge is 0.508 e. The SMILES string of the molecule is Cc1cc(N=Nc2ccc(N(C)C)cc2)ccc1O. The van der Waals surface area contributed by atoms with Crippen LogP contribution in [0.3, 0.4) is 0 Å². The molecule has 98 valence electrons. The Morgan fingerprint density at radius 3 is 2.05 bits per heavy atom. The molecule has 0 unspecified atom stereocenters. The Hall–Kier alpha value is -2.36. The van der Waals surface area contributed by atoms with Crippen LogP contribution in [-0.2, 0) is 0 Å². The molecule has 2 aromatic rings. The first-order valence-electron chi connectivity index (χ1n) is 6.05. The van der Waals surface area contributed by atoms with Gasteiger partial charge in [-0.2, -0.15) is 10.2 Å². The molecular weight excluding hydrogens is 238 g/mol. The van der Waals surface area contributed by atoms with Crippen LogP contribution in [0.4, 0.5) is 17.1 Å². The molecule has 0 aliphatic rings. The molecule has 0 radical (unpaired) electrons. The molecule has 1 N–H and O–H groups in total. The van der Waals surface area contributed by atoms with Crippen molar-refractivity contribution in [1.82, 2.24) is 0 Å². The van der Waals surface area contributed by atoms with Gasteiger partial charge in [-0.1, -0.05) is 0 Å². The van der Waals surface area contributed by atoms with Crippen molar-refractivity contribution in [3.63, 3.8) is 0 Å². The number of benzene rings is 2. The van der Waals surface area contributed by atoms with E-state index in [2.05, 4.69) is 10.2 Å². The Morgan fingerprint density at radius 2 is 1.47 bits per heavy atom. The lowest BCUT2D eigenvalue weighted by Crippen LogP contribution is -2.07. The Morgan fingerprint density at radius 1 is 0.895 bits per heavy atom. The van der Waals surface area contributed by atoms with Gasteiger partial charge in [0.1, 0.15) is 5.75 Å². The fourth-order valence-corrected chi connectivity index (χ4v) is 1.63. The van der Waals surface area contributed by atoms with E-state index in [1.54, 1.807) is 18.2 Å². The van der Waals surface area contributed by atoms with Crippen LogP contribution >= 0.6 is 0 Å². The number of hydrogen-bond acceptors (Lipinski definition) is 4. The summed E-state index contributed by atoms with van der Waals surface area (Å²) in [7, 11) is 3.99. The first-order valence-corrected chi connectivity index (χ1v) is 6.05.